The predicted octanol–water partition coefficient (Wildman–Crippen LogP) is 1.29. The molecule has 1 rings (SSSR count). The lowest BCUT2D eigenvalue weighted by molar-refractivity contribution is -0.134. The van der Waals surface area contributed by atoms with E-state index in [-0.39, 0.29) is 5.92 Å². The molecule has 0 spiro atoms. The fourth-order valence-electron chi connectivity index (χ4n) is 1.73. The third kappa shape index (κ3) is 6.53. The number of aliphatic hydroxyl groups is 2. The van der Waals surface area contributed by atoms with Crippen LogP contribution in [0.2, 0.25) is 0 Å². The minimum absolute atomic E-state index is 0.272. The van der Waals surface area contributed by atoms with Gasteiger partial charge in [-0.2, -0.15) is 0 Å². The van der Waals surface area contributed by atoms with Gasteiger partial charge < -0.3 is 19.7 Å². The maximum absolute atomic E-state index is 10.9. The number of carbonyl (C=O) groups excluding carboxylic acids is 1. The highest BCUT2D eigenvalue weighted by Gasteiger charge is 2.21. The van der Waals surface area contributed by atoms with Crippen LogP contribution < -0.4 is 0 Å². The van der Waals surface area contributed by atoms with Crippen molar-refractivity contribution in [3.8, 4) is 0 Å². The fourth-order valence-corrected chi connectivity index (χ4v) is 1.73. The first-order valence-electron chi connectivity index (χ1n) is 6.78. The number of carbonyl (C=O) groups is 1. The van der Waals surface area contributed by atoms with E-state index in [1.165, 1.54) is 13.2 Å². The molecule has 3 atom stereocenters. The van der Waals surface area contributed by atoms with Crippen LogP contribution in [0.15, 0.2) is 42.5 Å². The van der Waals surface area contributed by atoms with E-state index >= 15 is 0 Å². The van der Waals surface area contributed by atoms with E-state index in [9.17, 15) is 15.0 Å². The second-order valence-corrected chi connectivity index (χ2v) is 4.84. The first-order valence-corrected chi connectivity index (χ1v) is 6.78. The molecule has 0 aromatic heterocycles. The van der Waals surface area contributed by atoms with E-state index in [0.717, 1.165) is 11.6 Å². The molecule has 0 saturated heterocycles. The quantitative estimate of drug-likeness (QED) is 0.558. The molecule has 5 nitrogen and oxygen atoms in total. The predicted molar refractivity (Wildman–Crippen MR) is 78.4 cm³/mol. The minimum Gasteiger partial charge on any atom is -0.466 e. The average molecular weight is 294 g/mol. The average Bonchev–Trinajstić information content (AvgIpc) is 2.52. The van der Waals surface area contributed by atoms with Crippen molar-refractivity contribution in [1.82, 2.24) is 0 Å². The van der Waals surface area contributed by atoms with Crippen LogP contribution in [0.4, 0.5) is 0 Å². The summed E-state index contributed by atoms with van der Waals surface area (Å²) < 4.78 is 9.92. The Bertz CT molecular complexity index is 443. The topological polar surface area (TPSA) is 76.0 Å². The first kappa shape index (κ1) is 17.4. The third-order valence-electron chi connectivity index (χ3n) is 3.06. The van der Waals surface area contributed by atoms with Gasteiger partial charge in [-0.3, -0.25) is 0 Å². The highest BCUT2D eigenvalue weighted by molar-refractivity contribution is 5.81. The molecular weight excluding hydrogens is 272 g/mol. The second-order valence-electron chi connectivity index (χ2n) is 4.84. The number of aliphatic hydroxyl groups excluding tert-OH is 2. The van der Waals surface area contributed by atoms with Crippen molar-refractivity contribution >= 4 is 5.97 Å². The van der Waals surface area contributed by atoms with E-state index in [1.807, 2.05) is 30.3 Å². The van der Waals surface area contributed by atoms with E-state index in [1.54, 1.807) is 6.92 Å². The molecule has 0 amide bonds. The summed E-state index contributed by atoms with van der Waals surface area (Å²) >= 11 is 0. The Morgan fingerprint density at radius 3 is 2.57 bits per heavy atom. The lowest BCUT2D eigenvalue weighted by atomic mass is 10.0. The molecule has 0 unspecified atom stereocenters. The standard InChI is InChI=1S/C16H22O5/c1-12(10-21-11-13-6-4-3-5-7-13)16(19)14(17)8-9-15(18)20-2/h3-9,12,14,16-17,19H,10-11H2,1-2H3/b9-8+/t12-,14-,16-/m0/s1. The summed E-state index contributed by atoms with van der Waals surface area (Å²) in [5.41, 5.74) is 1.05. The van der Waals surface area contributed by atoms with Gasteiger partial charge >= 0.3 is 5.97 Å². The number of hydrogen-bond donors (Lipinski definition) is 2. The normalized spacial score (nSPS) is 15.6. The van der Waals surface area contributed by atoms with Crippen molar-refractivity contribution in [2.24, 2.45) is 5.92 Å². The molecule has 0 aliphatic heterocycles. The SMILES string of the molecule is COC(=O)/C=C/[C@H](O)[C@@H](O)[C@@H](C)COCc1ccccc1. The number of ether oxygens (including phenoxy) is 2. The maximum Gasteiger partial charge on any atom is 0.330 e. The number of rotatable bonds is 8. The largest absolute Gasteiger partial charge is 0.466 e. The molecule has 1 aromatic carbocycles. The Balaban J connectivity index is 2.35. The molecule has 0 heterocycles. The molecule has 0 fully saturated rings. The molecule has 1 aromatic rings. The maximum atomic E-state index is 10.9. The molecule has 21 heavy (non-hydrogen) atoms. The summed E-state index contributed by atoms with van der Waals surface area (Å²) in [7, 11) is 1.25. The minimum atomic E-state index is -1.14. The molecular formula is C16H22O5. The van der Waals surface area contributed by atoms with Crippen LogP contribution in [0.3, 0.4) is 0 Å². The Kier molecular flexibility index (Phi) is 7.68. The highest BCUT2D eigenvalue weighted by atomic mass is 16.5. The number of esters is 1. The van der Waals surface area contributed by atoms with Crippen LogP contribution >= 0.6 is 0 Å². The Morgan fingerprint density at radius 2 is 1.95 bits per heavy atom. The van der Waals surface area contributed by atoms with Crippen LogP contribution in [0.1, 0.15) is 12.5 Å². The lowest BCUT2D eigenvalue weighted by Gasteiger charge is -2.21. The molecule has 116 valence electrons. The van der Waals surface area contributed by atoms with Crippen LogP contribution in [0, 0.1) is 5.92 Å². The van der Waals surface area contributed by atoms with E-state index in [4.69, 9.17) is 4.74 Å². The zero-order valence-corrected chi connectivity index (χ0v) is 12.3. The zero-order chi connectivity index (χ0) is 15.7. The summed E-state index contributed by atoms with van der Waals surface area (Å²) in [6.07, 6.45) is 0.149. The van der Waals surface area contributed by atoms with E-state index in [0.29, 0.717) is 13.2 Å². The van der Waals surface area contributed by atoms with Gasteiger partial charge in [0.2, 0.25) is 0 Å². The van der Waals surface area contributed by atoms with Crippen molar-refractivity contribution in [3.05, 3.63) is 48.0 Å². The Labute approximate surface area is 124 Å². The van der Waals surface area contributed by atoms with Gasteiger partial charge in [-0.05, 0) is 11.6 Å². The van der Waals surface area contributed by atoms with Gasteiger partial charge in [-0.15, -0.1) is 0 Å². The summed E-state index contributed by atoms with van der Waals surface area (Å²) in [6, 6.07) is 9.70. The molecule has 0 radical (unpaired) electrons. The highest BCUT2D eigenvalue weighted by Crippen LogP contribution is 2.11. The third-order valence-corrected chi connectivity index (χ3v) is 3.06. The van der Waals surface area contributed by atoms with E-state index in [2.05, 4.69) is 4.74 Å². The van der Waals surface area contributed by atoms with Gasteiger partial charge in [-0.1, -0.05) is 37.3 Å². The summed E-state index contributed by atoms with van der Waals surface area (Å²) in [5, 5.41) is 19.7. The Hall–Kier alpha value is -1.69. The molecule has 0 bridgehead atoms. The van der Waals surface area contributed by atoms with Gasteiger partial charge in [0.05, 0.1) is 32.5 Å². The van der Waals surface area contributed by atoms with Gasteiger partial charge in [0.25, 0.3) is 0 Å². The monoisotopic (exact) mass is 294 g/mol. The number of methoxy groups -OCH3 is 1. The van der Waals surface area contributed by atoms with Crippen molar-refractivity contribution in [1.29, 1.82) is 0 Å². The molecule has 0 saturated carbocycles. The fraction of sp³-hybridized carbons (Fsp3) is 0.438. The molecule has 2 N–H and O–H groups in total. The van der Waals surface area contributed by atoms with Crippen molar-refractivity contribution < 1.29 is 24.5 Å². The molecule has 5 heteroatoms. The van der Waals surface area contributed by atoms with Crippen LogP contribution in [0.25, 0.3) is 0 Å². The van der Waals surface area contributed by atoms with E-state index < -0.39 is 18.2 Å². The van der Waals surface area contributed by atoms with Crippen LogP contribution in [-0.2, 0) is 20.9 Å². The summed E-state index contributed by atoms with van der Waals surface area (Å²) in [4.78, 5) is 10.9. The van der Waals surface area contributed by atoms with Crippen molar-refractivity contribution in [2.75, 3.05) is 13.7 Å². The summed E-state index contributed by atoms with van der Waals surface area (Å²) in [6.45, 7) is 2.52. The van der Waals surface area contributed by atoms with Crippen LogP contribution in [-0.4, -0.2) is 42.1 Å². The number of benzene rings is 1. The van der Waals surface area contributed by atoms with Gasteiger partial charge in [-0.25, -0.2) is 4.79 Å². The Morgan fingerprint density at radius 1 is 1.29 bits per heavy atom. The number of hydrogen-bond acceptors (Lipinski definition) is 5. The second kappa shape index (κ2) is 9.28. The van der Waals surface area contributed by atoms with Gasteiger partial charge in [0.1, 0.15) is 0 Å². The zero-order valence-electron chi connectivity index (χ0n) is 12.3. The first-order chi connectivity index (χ1) is 10.0. The molecule has 0 aliphatic rings. The smallest absolute Gasteiger partial charge is 0.330 e. The van der Waals surface area contributed by atoms with Crippen molar-refractivity contribution in [2.45, 2.75) is 25.7 Å². The van der Waals surface area contributed by atoms with Crippen LogP contribution in [0.5, 0.6) is 0 Å². The van der Waals surface area contributed by atoms with Gasteiger partial charge in [0, 0.05) is 12.0 Å². The van der Waals surface area contributed by atoms with Gasteiger partial charge in [0.15, 0.2) is 0 Å². The summed E-state index contributed by atoms with van der Waals surface area (Å²) in [5.74, 6) is -0.847. The lowest BCUT2D eigenvalue weighted by Crippen LogP contribution is -2.33. The van der Waals surface area contributed by atoms with Crippen molar-refractivity contribution in [3.63, 3.8) is 0 Å². The molecule has 0 aliphatic carbocycles.